The molecule has 0 unspecified atom stereocenters. The predicted octanol–water partition coefficient (Wildman–Crippen LogP) is 3.62. The second-order valence-electron chi connectivity index (χ2n) is 4.65. The van der Waals surface area contributed by atoms with Crippen molar-refractivity contribution in [2.24, 2.45) is 5.10 Å². The zero-order valence-corrected chi connectivity index (χ0v) is 12.2. The van der Waals surface area contributed by atoms with Crippen LogP contribution in [0.4, 0.5) is 25.8 Å². The van der Waals surface area contributed by atoms with Crippen LogP contribution < -0.4 is 5.43 Å². The molecule has 0 aliphatic carbocycles. The number of anilines is 1. The van der Waals surface area contributed by atoms with Gasteiger partial charge in [-0.05, 0) is 31.2 Å². The van der Waals surface area contributed by atoms with Gasteiger partial charge in [-0.1, -0.05) is 0 Å². The first-order valence-electron chi connectivity index (χ1n) is 6.48. The van der Waals surface area contributed by atoms with Gasteiger partial charge in [-0.3, -0.25) is 25.7 Å². The monoisotopic (exact) mass is 336 g/mol. The van der Waals surface area contributed by atoms with Crippen LogP contribution in [0, 0.1) is 31.9 Å². The van der Waals surface area contributed by atoms with Crippen molar-refractivity contribution in [3.63, 3.8) is 0 Å². The molecule has 24 heavy (non-hydrogen) atoms. The van der Waals surface area contributed by atoms with E-state index in [1.54, 1.807) is 0 Å². The SMILES string of the molecule is C/C(=N/Nc1ccc([N+](=O)[O-])cc1[N+](=O)[O-])c1ccc(F)c(F)c1. The predicted molar refractivity (Wildman–Crippen MR) is 81.9 cm³/mol. The maximum atomic E-state index is 13.2. The van der Waals surface area contributed by atoms with Crippen LogP contribution in [0.1, 0.15) is 12.5 Å². The third-order valence-corrected chi connectivity index (χ3v) is 3.07. The van der Waals surface area contributed by atoms with Crippen molar-refractivity contribution in [2.75, 3.05) is 5.43 Å². The Morgan fingerprint density at radius 1 is 1.04 bits per heavy atom. The number of rotatable bonds is 5. The standard InChI is InChI=1S/C14H10F2N4O4/c1-8(9-2-4-11(15)12(16)6-9)17-18-13-5-3-10(19(21)22)7-14(13)20(23)24/h2-7,18H,1H3/b17-8-. The molecular weight excluding hydrogens is 326 g/mol. The van der Waals surface area contributed by atoms with Crippen LogP contribution in [0.5, 0.6) is 0 Å². The third-order valence-electron chi connectivity index (χ3n) is 3.07. The summed E-state index contributed by atoms with van der Waals surface area (Å²) < 4.78 is 26.1. The van der Waals surface area contributed by atoms with Gasteiger partial charge < -0.3 is 0 Å². The topological polar surface area (TPSA) is 111 Å². The van der Waals surface area contributed by atoms with Crippen molar-refractivity contribution >= 4 is 22.8 Å². The zero-order chi connectivity index (χ0) is 17.9. The first-order chi connectivity index (χ1) is 11.3. The van der Waals surface area contributed by atoms with E-state index in [4.69, 9.17) is 0 Å². The van der Waals surface area contributed by atoms with E-state index in [0.29, 0.717) is 0 Å². The summed E-state index contributed by atoms with van der Waals surface area (Å²) in [5.74, 6) is -2.06. The Hall–Kier alpha value is -3.43. The maximum absolute atomic E-state index is 13.2. The number of hydrogen-bond acceptors (Lipinski definition) is 6. The molecular formula is C14H10F2N4O4. The van der Waals surface area contributed by atoms with E-state index in [0.717, 1.165) is 30.3 Å². The number of halogens is 2. The Morgan fingerprint density at radius 2 is 1.75 bits per heavy atom. The van der Waals surface area contributed by atoms with Gasteiger partial charge in [-0.15, -0.1) is 0 Å². The fraction of sp³-hybridized carbons (Fsp3) is 0.0714. The highest BCUT2D eigenvalue weighted by molar-refractivity contribution is 5.99. The summed E-state index contributed by atoms with van der Waals surface area (Å²) >= 11 is 0. The summed E-state index contributed by atoms with van der Waals surface area (Å²) in [4.78, 5) is 20.1. The summed E-state index contributed by atoms with van der Waals surface area (Å²) in [6.07, 6.45) is 0. The van der Waals surface area contributed by atoms with Gasteiger partial charge in [0, 0.05) is 11.6 Å². The molecule has 0 bridgehead atoms. The van der Waals surface area contributed by atoms with Gasteiger partial charge in [0.2, 0.25) is 0 Å². The molecule has 0 amide bonds. The molecule has 10 heteroatoms. The number of nitro benzene ring substituents is 2. The van der Waals surface area contributed by atoms with Gasteiger partial charge in [0.1, 0.15) is 5.69 Å². The summed E-state index contributed by atoms with van der Waals surface area (Å²) in [5, 5.41) is 25.5. The van der Waals surface area contributed by atoms with E-state index in [1.807, 2.05) is 0 Å². The van der Waals surface area contributed by atoms with E-state index in [-0.39, 0.29) is 17.0 Å². The number of nitro groups is 2. The molecule has 0 spiro atoms. The lowest BCUT2D eigenvalue weighted by Gasteiger charge is -2.05. The quantitative estimate of drug-likeness (QED) is 0.509. The van der Waals surface area contributed by atoms with E-state index in [9.17, 15) is 29.0 Å². The maximum Gasteiger partial charge on any atom is 0.301 e. The smallest absolute Gasteiger partial charge is 0.271 e. The number of nitrogens with one attached hydrogen (secondary N) is 1. The summed E-state index contributed by atoms with van der Waals surface area (Å²) in [7, 11) is 0. The summed E-state index contributed by atoms with van der Waals surface area (Å²) in [5.41, 5.74) is 1.86. The molecule has 1 N–H and O–H groups in total. The normalized spacial score (nSPS) is 11.2. The van der Waals surface area contributed by atoms with Crippen LogP contribution in [0.2, 0.25) is 0 Å². The minimum atomic E-state index is -1.05. The first kappa shape index (κ1) is 16.9. The second-order valence-corrected chi connectivity index (χ2v) is 4.65. The summed E-state index contributed by atoms with van der Waals surface area (Å²) in [6.45, 7) is 1.48. The molecule has 2 rings (SSSR count). The van der Waals surface area contributed by atoms with Crippen molar-refractivity contribution < 1.29 is 18.6 Å². The van der Waals surface area contributed by atoms with Crippen LogP contribution in [0.3, 0.4) is 0 Å². The fourth-order valence-corrected chi connectivity index (χ4v) is 1.81. The molecule has 0 aliphatic heterocycles. The molecule has 0 fully saturated rings. The largest absolute Gasteiger partial charge is 0.301 e. The van der Waals surface area contributed by atoms with Crippen LogP contribution >= 0.6 is 0 Å². The molecule has 124 valence electrons. The molecule has 2 aromatic rings. The Labute approximate surface area is 133 Å². The number of non-ortho nitro benzene ring substituents is 1. The number of benzene rings is 2. The molecule has 8 nitrogen and oxygen atoms in total. The molecule has 0 saturated carbocycles. The van der Waals surface area contributed by atoms with Crippen LogP contribution in [0.25, 0.3) is 0 Å². The van der Waals surface area contributed by atoms with Gasteiger partial charge in [0.25, 0.3) is 5.69 Å². The number of hydrogen-bond donors (Lipinski definition) is 1. The van der Waals surface area contributed by atoms with Crippen molar-refractivity contribution in [2.45, 2.75) is 6.92 Å². The van der Waals surface area contributed by atoms with Crippen molar-refractivity contribution in [1.29, 1.82) is 0 Å². The van der Waals surface area contributed by atoms with Crippen LogP contribution in [-0.2, 0) is 0 Å². The van der Waals surface area contributed by atoms with Gasteiger partial charge >= 0.3 is 5.69 Å². The lowest BCUT2D eigenvalue weighted by Crippen LogP contribution is -2.03. The molecule has 0 heterocycles. The Balaban J connectivity index is 2.31. The van der Waals surface area contributed by atoms with Crippen LogP contribution in [-0.4, -0.2) is 15.6 Å². The fourth-order valence-electron chi connectivity index (χ4n) is 1.81. The number of hydrazone groups is 1. The van der Waals surface area contributed by atoms with E-state index < -0.39 is 32.9 Å². The van der Waals surface area contributed by atoms with Crippen molar-refractivity contribution in [1.82, 2.24) is 0 Å². The Kier molecular flexibility index (Phi) is 4.78. The lowest BCUT2D eigenvalue weighted by molar-refractivity contribution is -0.393. The average Bonchev–Trinajstić information content (AvgIpc) is 2.54. The van der Waals surface area contributed by atoms with Gasteiger partial charge in [0.05, 0.1) is 21.6 Å². The zero-order valence-electron chi connectivity index (χ0n) is 12.2. The number of nitrogens with zero attached hydrogens (tertiary/aromatic N) is 3. The van der Waals surface area contributed by atoms with Crippen molar-refractivity contribution in [3.05, 3.63) is 73.8 Å². The second kappa shape index (κ2) is 6.77. The first-order valence-corrected chi connectivity index (χ1v) is 6.48. The molecule has 0 radical (unpaired) electrons. The average molecular weight is 336 g/mol. The molecule has 2 aromatic carbocycles. The summed E-state index contributed by atoms with van der Waals surface area (Å²) in [6, 6.07) is 6.17. The third kappa shape index (κ3) is 3.66. The van der Waals surface area contributed by atoms with Gasteiger partial charge in [-0.25, -0.2) is 8.78 Å². The molecule has 0 aromatic heterocycles. The molecule has 0 aliphatic rings. The highest BCUT2D eigenvalue weighted by Crippen LogP contribution is 2.29. The lowest BCUT2D eigenvalue weighted by atomic mass is 10.1. The molecule has 0 atom stereocenters. The highest BCUT2D eigenvalue weighted by Gasteiger charge is 2.19. The van der Waals surface area contributed by atoms with E-state index in [2.05, 4.69) is 10.5 Å². The Bertz CT molecular complexity index is 855. The van der Waals surface area contributed by atoms with Gasteiger partial charge in [0.15, 0.2) is 11.6 Å². The van der Waals surface area contributed by atoms with Crippen molar-refractivity contribution in [3.8, 4) is 0 Å². The van der Waals surface area contributed by atoms with E-state index in [1.165, 1.54) is 13.0 Å². The van der Waals surface area contributed by atoms with E-state index >= 15 is 0 Å². The minimum absolute atomic E-state index is 0.0764. The highest BCUT2D eigenvalue weighted by atomic mass is 19.2. The van der Waals surface area contributed by atoms with Gasteiger partial charge in [-0.2, -0.15) is 5.10 Å². The minimum Gasteiger partial charge on any atom is -0.271 e. The van der Waals surface area contributed by atoms with Crippen LogP contribution in [0.15, 0.2) is 41.5 Å². The molecule has 0 saturated heterocycles. The Morgan fingerprint density at radius 3 is 2.33 bits per heavy atom.